The van der Waals surface area contributed by atoms with Gasteiger partial charge in [0.15, 0.2) is 6.29 Å². The van der Waals surface area contributed by atoms with E-state index in [0.29, 0.717) is 17.8 Å². The maximum Gasteiger partial charge on any atom is 0.309 e. The van der Waals surface area contributed by atoms with E-state index in [1.54, 1.807) is 0 Å². The lowest BCUT2D eigenvalue weighted by molar-refractivity contribution is -0.213. The summed E-state index contributed by atoms with van der Waals surface area (Å²) < 4.78 is 17.7. The summed E-state index contributed by atoms with van der Waals surface area (Å²) in [6.45, 7) is 6.10. The Bertz CT molecular complexity index is 436. The fourth-order valence-electron chi connectivity index (χ4n) is 5.32. The minimum absolute atomic E-state index is 0.0252. The highest BCUT2D eigenvalue weighted by Gasteiger charge is 2.39. The zero-order valence-corrected chi connectivity index (χ0v) is 17.5. The van der Waals surface area contributed by atoms with Crippen LogP contribution >= 0.6 is 0 Å². The van der Waals surface area contributed by atoms with Crippen LogP contribution in [-0.4, -0.2) is 31.6 Å². The van der Waals surface area contributed by atoms with Crippen LogP contribution in [0.15, 0.2) is 0 Å². The van der Waals surface area contributed by atoms with Crippen molar-refractivity contribution in [2.45, 2.75) is 103 Å². The average molecular weight is 381 g/mol. The van der Waals surface area contributed by atoms with Crippen LogP contribution in [0, 0.1) is 23.7 Å². The molecule has 3 fully saturated rings. The molecule has 4 nitrogen and oxygen atoms in total. The molecule has 2 heterocycles. The Labute approximate surface area is 165 Å². The van der Waals surface area contributed by atoms with Crippen molar-refractivity contribution < 1.29 is 19.0 Å². The van der Waals surface area contributed by atoms with Crippen molar-refractivity contribution in [3.05, 3.63) is 0 Å². The van der Waals surface area contributed by atoms with Gasteiger partial charge < -0.3 is 14.2 Å². The molecule has 2 unspecified atom stereocenters. The Hall–Kier alpha value is -0.610. The van der Waals surface area contributed by atoms with Crippen molar-refractivity contribution in [3.63, 3.8) is 0 Å². The Balaban J connectivity index is 1.36. The maximum absolute atomic E-state index is 12.4. The monoisotopic (exact) mass is 380 g/mol. The van der Waals surface area contributed by atoms with Crippen LogP contribution < -0.4 is 0 Å². The third-order valence-corrected chi connectivity index (χ3v) is 7.08. The van der Waals surface area contributed by atoms with Crippen molar-refractivity contribution >= 4 is 5.97 Å². The summed E-state index contributed by atoms with van der Waals surface area (Å²) in [7, 11) is 0. The quantitative estimate of drug-likeness (QED) is 0.413. The lowest BCUT2D eigenvalue weighted by Crippen LogP contribution is -2.40. The van der Waals surface area contributed by atoms with Gasteiger partial charge in [0.2, 0.25) is 0 Å². The molecule has 0 radical (unpaired) electrons. The second-order valence-electron chi connectivity index (χ2n) is 9.06. The molecule has 1 saturated carbocycles. The summed E-state index contributed by atoms with van der Waals surface area (Å²) in [4.78, 5) is 12.4. The number of cyclic esters (lactones) is 1. The SMILES string of the molecule is CCCCCC1OCC(C2CCC(C3CCC(CCC)OC3=O)CC2)CO1. The van der Waals surface area contributed by atoms with Crippen molar-refractivity contribution in [3.8, 4) is 0 Å². The molecule has 156 valence electrons. The molecule has 0 N–H and O–H groups in total. The number of hydrogen-bond donors (Lipinski definition) is 0. The van der Waals surface area contributed by atoms with Gasteiger partial charge in [-0.25, -0.2) is 0 Å². The Kier molecular flexibility index (Phi) is 8.45. The predicted octanol–water partition coefficient (Wildman–Crippen LogP) is 5.48. The van der Waals surface area contributed by atoms with E-state index in [2.05, 4.69) is 13.8 Å². The molecule has 2 aliphatic heterocycles. The highest BCUT2D eigenvalue weighted by molar-refractivity contribution is 5.73. The largest absolute Gasteiger partial charge is 0.462 e. The number of carbonyl (C=O) groups excluding carboxylic acids is 1. The molecule has 0 aromatic rings. The minimum atomic E-state index is 0.0252. The molecule has 4 heteroatoms. The van der Waals surface area contributed by atoms with Gasteiger partial charge in [-0.3, -0.25) is 4.79 Å². The molecule has 1 aliphatic carbocycles. The Morgan fingerprint density at radius 3 is 2.11 bits per heavy atom. The lowest BCUT2D eigenvalue weighted by Gasteiger charge is -2.40. The topological polar surface area (TPSA) is 44.8 Å². The van der Waals surface area contributed by atoms with Gasteiger partial charge in [0.05, 0.1) is 19.1 Å². The standard InChI is InChI=1S/C23H40O4/c1-3-5-6-8-22-25-15-19(16-26-22)17-9-11-18(12-10-17)21-14-13-20(7-4-2)27-23(21)24/h17-22H,3-16H2,1-2H3. The van der Waals surface area contributed by atoms with Gasteiger partial charge in [0.1, 0.15) is 6.10 Å². The first-order chi connectivity index (χ1) is 13.2. The molecular weight excluding hydrogens is 340 g/mol. The van der Waals surface area contributed by atoms with Gasteiger partial charge in [0, 0.05) is 5.92 Å². The second-order valence-corrected chi connectivity index (χ2v) is 9.06. The summed E-state index contributed by atoms with van der Waals surface area (Å²) >= 11 is 0. The summed E-state index contributed by atoms with van der Waals surface area (Å²) in [5, 5.41) is 0. The highest BCUT2D eigenvalue weighted by atomic mass is 16.7. The molecule has 3 aliphatic rings. The van der Waals surface area contributed by atoms with E-state index in [1.807, 2.05) is 0 Å². The van der Waals surface area contributed by atoms with E-state index in [0.717, 1.165) is 45.3 Å². The van der Waals surface area contributed by atoms with Crippen molar-refractivity contribution in [1.82, 2.24) is 0 Å². The number of ether oxygens (including phenoxy) is 3. The Morgan fingerprint density at radius 2 is 1.48 bits per heavy atom. The fourth-order valence-corrected chi connectivity index (χ4v) is 5.32. The lowest BCUT2D eigenvalue weighted by atomic mass is 9.70. The number of rotatable bonds is 8. The molecule has 0 aromatic carbocycles. The first kappa shape index (κ1) is 21.1. The number of esters is 1. The maximum atomic E-state index is 12.4. The third kappa shape index (κ3) is 5.93. The first-order valence-electron chi connectivity index (χ1n) is 11.6. The normalized spacial score (nSPS) is 37.8. The van der Waals surface area contributed by atoms with Crippen LogP contribution in [0.5, 0.6) is 0 Å². The summed E-state index contributed by atoms with van der Waals surface area (Å²) in [5.74, 6) is 2.01. The molecule has 27 heavy (non-hydrogen) atoms. The molecule has 0 amide bonds. The van der Waals surface area contributed by atoms with Gasteiger partial charge in [-0.05, 0) is 69.6 Å². The van der Waals surface area contributed by atoms with E-state index < -0.39 is 0 Å². The predicted molar refractivity (Wildman–Crippen MR) is 106 cm³/mol. The molecule has 3 rings (SSSR count). The molecular formula is C23H40O4. The summed E-state index contributed by atoms with van der Waals surface area (Å²) in [5.41, 5.74) is 0. The van der Waals surface area contributed by atoms with Gasteiger partial charge in [-0.15, -0.1) is 0 Å². The molecule has 0 aromatic heterocycles. The molecule has 2 atom stereocenters. The van der Waals surface area contributed by atoms with Crippen LogP contribution in [0.4, 0.5) is 0 Å². The zero-order chi connectivity index (χ0) is 19.1. The van der Waals surface area contributed by atoms with Crippen molar-refractivity contribution in [2.75, 3.05) is 13.2 Å². The van der Waals surface area contributed by atoms with Gasteiger partial charge in [-0.1, -0.05) is 33.1 Å². The van der Waals surface area contributed by atoms with Crippen molar-refractivity contribution in [1.29, 1.82) is 0 Å². The average Bonchev–Trinajstić information content (AvgIpc) is 2.69. The van der Waals surface area contributed by atoms with E-state index in [-0.39, 0.29) is 24.3 Å². The van der Waals surface area contributed by atoms with E-state index in [9.17, 15) is 4.79 Å². The fraction of sp³-hybridized carbons (Fsp3) is 0.957. The van der Waals surface area contributed by atoms with E-state index >= 15 is 0 Å². The second kappa shape index (κ2) is 10.8. The number of hydrogen-bond acceptors (Lipinski definition) is 4. The van der Waals surface area contributed by atoms with Crippen LogP contribution in [0.2, 0.25) is 0 Å². The van der Waals surface area contributed by atoms with Gasteiger partial charge in [-0.2, -0.15) is 0 Å². The first-order valence-corrected chi connectivity index (χ1v) is 11.6. The van der Waals surface area contributed by atoms with Gasteiger partial charge >= 0.3 is 5.97 Å². The summed E-state index contributed by atoms with van der Waals surface area (Å²) in [6.07, 6.45) is 13.9. The van der Waals surface area contributed by atoms with E-state index in [4.69, 9.17) is 14.2 Å². The van der Waals surface area contributed by atoms with Crippen LogP contribution in [0.25, 0.3) is 0 Å². The highest BCUT2D eigenvalue weighted by Crippen LogP contribution is 2.41. The zero-order valence-electron chi connectivity index (χ0n) is 17.5. The number of unbranched alkanes of at least 4 members (excludes halogenated alkanes) is 2. The smallest absolute Gasteiger partial charge is 0.309 e. The van der Waals surface area contributed by atoms with E-state index in [1.165, 1.54) is 44.9 Å². The van der Waals surface area contributed by atoms with Crippen LogP contribution in [0.1, 0.15) is 90.9 Å². The molecule has 2 saturated heterocycles. The Morgan fingerprint density at radius 1 is 0.778 bits per heavy atom. The minimum Gasteiger partial charge on any atom is -0.462 e. The third-order valence-electron chi connectivity index (χ3n) is 7.08. The van der Waals surface area contributed by atoms with Gasteiger partial charge in [0.25, 0.3) is 0 Å². The molecule has 0 bridgehead atoms. The van der Waals surface area contributed by atoms with Crippen LogP contribution in [-0.2, 0) is 19.0 Å². The van der Waals surface area contributed by atoms with Crippen molar-refractivity contribution in [2.24, 2.45) is 23.7 Å². The summed E-state index contributed by atoms with van der Waals surface area (Å²) in [6, 6.07) is 0. The van der Waals surface area contributed by atoms with Crippen LogP contribution in [0.3, 0.4) is 0 Å². The number of carbonyl (C=O) groups is 1. The molecule has 0 spiro atoms.